The molecule has 2 rings (SSSR count). The Labute approximate surface area is 123 Å². The number of halogens is 1. The molecule has 0 atom stereocenters. The Morgan fingerprint density at radius 2 is 1.76 bits per heavy atom. The molecule has 4 heteroatoms. The van der Waals surface area contributed by atoms with E-state index in [1.807, 2.05) is 12.1 Å². The van der Waals surface area contributed by atoms with Gasteiger partial charge < -0.3 is 4.74 Å². The average molecular weight is 287 g/mol. The third-order valence-electron chi connectivity index (χ3n) is 3.08. The molecule has 0 saturated heterocycles. The second-order valence-corrected chi connectivity index (χ2v) is 4.85. The number of benzene rings is 1. The van der Waals surface area contributed by atoms with Crippen molar-refractivity contribution in [1.29, 1.82) is 0 Å². The first kappa shape index (κ1) is 15.3. The summed E-state index contributed by atoms with van der Waals surface area (Å²) < 4.78 is 18.1. The standard InChI is InChI=1S/C17H18FNO2/c18-16-5-3-15(4-6-16)12-17(20)13-21-11-1-2-14-7-9-19-10-8-14/h3-10H,1-2,11-13H2. The molecule has 0 amide bonds. The van der Waals surface area contributed by atoms with Gasteiger partial charge in [-0.25, -0.2) is 4.39 Å². The number of pyridine rings is 1. The molecule has 21 heavy (non-hydrogen) atoms. The molecule has 0 saturated carbocycles. The molecule has 0 spiro atoms. The number of hydrogen-bond donors (Lipinski definition) is 0. The number of ether oxygens (including phenoxy) is 1. The van der Waals surface area contributed by atoms with Crippen molar-refractivity contribution in [3.8, 4) is 0 Å². The summed E-state index contributed by atoms with van der Waals surface area (Å²) in [7, 11) is 0. The Morgan fingerprint density at radius 1 is 1.05 bits per heavy atom. The van der Waals surface area contributed by atoms with Crippen molar-refractivity contribution in [1.82, 2.24) is 4.98 Å². The van der Waals surface area contributed by atoms with Crippen LogP contribution in [0.4, 0.5) is 4.39 Å². The molecule has 1 heterocycles. The van der Waals surface area contributed by atoms with Crippen LogP contribution in [0.2, 0.25) is 0 Å². The van der Waals surface area contributed by atoms with E-state index in [0.29, 0.717) is 6.61 Å². The van der Waals surface area contributed by atoms with E-state index in [4.69, 9.17) is 4.74 Å². The number of carbonyl (C=O) groups excluding carboxylic acids is 1. The molecule has 0 fully saturated rings. The van der Waals surface area contributed by atoms with Crippen LogP contribution in [0.3, 0.4) is 0 Å². The van der Waals surface area contributed by atoms with E-state index in [0.717, 1.165) is 18.4 Å². The number of ketones is 1. The van der Waals surface area contributed by atoms with Crippen LogP contribution in [0, 0.1) is 5.82 Å². The van der Waals surface area contributed by atoms with Gasteiger partial charge in [0.1, 0.15) is 12.4 Å². The van der Waals surface area contributed by atoms with Crippen LogP contribution >= 0.6 is 0 Å². The molecule has 0 radical (unpaired) electrons. The van der Waals surface area contributed by atoms with E-state index in [1.54, 1.807) is 24.5 Å². The Morgan fingerprint density at radius 3 is 2.48 bits per heavy atom. The lowest BCUT2D eigenvalue weighted by Gasteiger charge is -2.04. The Hall–Kier alpha value is -2.07. The first-order valence-electron chi connectivity index (χ1n) is 6.97. The van der Waals surface area contributed by atoms with E-state index in [-0.39, 0.29) is 24.6 Å². The Kier molecular flexibility index (Phi) is 6.03. The number of aryl methyl sites for hydroxylation is 1. The highest BCUT2D eigenvalue weighted by atomic mass is 19.1. The summed E-state index contributed by atoms with van der Waals surface area (Å²) in [5.41, 5.74) is 2.02. The summed E-state index contributed by atoms with van der Waals surface area (Å²) in [4.78, 5) is 15.7. The Bertz CT molecular complexity index is 555. The predicted molar refractivity (Wildman–Crippen MR) is 78.5 cm³/mol. The molecule has 0 bridgehead atoms. The van der Waals surface area contributed by atoms with Gasteiger partial charge in [-0.1, -0.05) is 12.1 Å². The van der Waals surface area contributed by atoms with Crippen LogP contribution in [0.15, 0.2) is 48.8 Å². The maximum Gasteiger partial charge on any atom is 0.162 e. The van der Waals surface area contributed by atoms with Gasteiger partial charge in [0.2, 0.25) is 0 Å². The van der Waals surface area contributed by atoms with Crippen molar-refractivity contribution < 1.29 is 13.9 Å². The third kappa shape index (κ3) is 5.83. The molecule has 2 aromatic rings. The fourth-order valence-corrected chi connectivity index (χ4v) is 1.99. The zero-order valence-electron chi connectivity index (χ0n) is 11.8. The quantitative estimate of drug-likeness (QED) is 0.701. The van der Waals surface area contributed by atoms with Crippen molar-refractivity contribution in [3.05, 3.63) is 65.7 Å². The molecular weight excluding hydrogens is 269 g/mol. The molecular formula is C17H18FNO2. The van der Waals surface area contributed by atoms with Gasteiger partial charge in [-0.05, 0) is 48.2 Å². The summed E-state index contributed by atoms with van der Waals surface area (Å²) in [5, 5.41) is 0. The second kappa shape index (κ2) is 8.27. The van der Waals surface area contributed by atoms with E-state index in [9.17, 15) is 9.18 Å². The van der Waals surface area contributed by atoms with E-state index in [2.05, 4.69) is 4.98 Å². The fourth-order valence-electron chi connectivity index (χ4n) is 1.99. The van der Waals surface area contributed by atoms with Crippen molar-refractivity contribution in [2.75, 3.05) is 13.2 Å². The van der Waals surface area contributed by atoms with Crippen molar-refractivity contribution in [2.24, 2.45) is 0 Å². The third-order valence-corrected chi connectivity index (χ3v) is 3.08. The number of aromatic nitrogens is 1. The lowest BCUT2D eigenvalue weighted by molar-refractivity contribution is -0.122. The zero-order chi connectivity index (χ0) is 14.9. The highest BCUT2D eigenvalue weighted by molar-refractivity contribution is 5.82. The van der Waals surface area contributed by atoms with Crippen LogP contribution in [0.5, 0.6) is 0 Å². The van der Waals surface area contributed by atoms with Gasteiger partial charge >= 0.3 is 0 Å². The lowest BCUT2D eigenvalue weighted by atomic mass is 10.1. The van der Waals surface area contributed by atoms with E-state index >= 15 is 0 Å². The molecule has 0 N–H and O–H groups in total. The van der Waals surface area contributed by atoms with Gasteiger partial charge in [0.05, 0.1) is 0 Å². The van der Waals surface area contributed by atoms with Crippen molar-refractivity contribution in [2.45, 2.75) is 19.3 Å². The highest BCUT2D eigenvalue weighted by Crippen LogP contribution is 2.05. The van der Waals surface area contributed by atoms with Gasteiger partial charge in [0.15, 0.2) is 5.78 Å². The van der Waals surface area contributed by atoms with Gasteiger partial charge in [-0.3, -0.25) is 9.78 Å². The highest BCUT2D eigenvalue weighted by Gasteiger charge is 2.04. The smallest absolute Gasteiger partial charge is 0.162 e. The van der Waals surface area contributed by atoms with E-state index in [1.165, 1.54) is 17.7 Å². The fraction of sp³-hybridized carbons (Fsp3) is 0.294. The normalized spacial score (nSPS) is 10.5. The van der Waals surface area contributed by atoms with Gasteiger partial charge in [-0.15, -0.1) is 0 Å². The summed E-state index contributed by atoms with van der Waals surface area (Å²) in [6, 6.07) is 9.91. The lowest BCUT2D eigenvalue weighted by Crippen LogP contribution is -2.12. The van der Waals surface area contributed by atoms with Crippen LogP contribution < -0.4 is 0 Å². The van der Waals surface area contributed by atoms with E-state index < -0.39 is 0 Å². The zero-order valence-corrected chi connectivity index (χ0v) is 11.8. The van der Waals surface area contributed by atoms with Gasteiger partial charge in [0, 0.05) is 25.4 Å². The molecule has 1 aromatic heterocycles. The van der Waals surface area contributed by atoms with Gasteiger partial charge in [-0.2, -0.15) is 0 Å². The molecule has 110 valence electrons. The molecule has 0 unspecified atom stereocenters. The largest absolute Gasteiger partial charge is 0.374 e. The predicted octanol–water partition coefficient (Wildman–Crippen LogP) is 2.98. The summed E-state index contributed by atoms with van der Waals surface area (Å²) in [6.07, 6.45) is 5.60. The summed E-state index contributed by atoms with van der Waals surface area (Å²) in [5.74, 6) is -0.288. The first-order chi connectivity index (χ1) is 10.2. The van der Waals surface area contributed by atoms with Crippen molar-refractivity contribution >= 4 is 5.78 Å². The molecule has 0 aliphatic carbocycles. The topological polar surface area (TPSA) is 39.2 Å². The van der Waals surface area contributed by atoms with Gasteiger partial charge in [0.25, 0.3) is 0 Å². The number of carbonyl (C=O) groups is 1. The molecule has 3 nitrogen and oxygen atoms in total. The van der Waals surface area contributed by atoms with Crippen LogP contribution in [-0.2, 0) is 22.4 Å². The minimum absolute atomic E-state index is 0.00511. The number of nitrogens with zero attached hydrogens (tertiary/aromatic N) is 1. The maximum atomic E-state index is 12.7. The summed E-state index contributed by atoms with van der Waals surface area (Å²) >= 11 is 0. The average Bonchev–Trinajstić information content (AvgIpc) is 2.50. The molecule has 1 aromatic carbocycles. The number of Topliss-reactive ketones (excluding diaryl/α,β-unsaturated/α-hetero) is 1. The van der Waals surface area contributed by atoms with Crippen LogP contribution in [-0.4, -0.2) is 24.0 Å². The minimum Gasteiger partial charge on any atom is -0.374 e. The minimum atomic E-state index is -0.293. The Balaban J connectivity index is 1.60. The van der Waals surface area contributed by atoms with Crippen molar-refractivity contribution in [3.63, 3.8) is 0 Å². The maximum absolute atomic E-state index is 12.7. The number of rotatable bonds is 8. The molecule has 0 aliphatic rings. The SMILES string of the molecule is O=C(COCCCc1ccncc1)Cc1ccc(F)cc1. The summed E-state index contributed by atoms with van der Waals surface area (Å²) in [6.45, 7) is 0.658. The first-order valence-corrected chi connectivity index (χ1v) is 6.97. The monoisotopic (exact) mass is 287 g/mol. The second-order valence-electron chi connectivity index (χ2n) is 4.85. The van der Waals surface area contributed by atoms with Crippen LogP contribution in [0.1, 0.15) is 17.5 Å². The number of hydrogen-bond acceptors (Lipinski definition) is 3. The van der Waals surface area contributed by atoms with Crippen LogP contribution in [0.25, 0.3) is 0 Å². The molecule has 0 aliphatic heterocycles.